The minimum absolute atomic E-state index is 0.0708. The lowest BCUT2D eigenvalue weighted by Gasteiger charge is -2.40. The van der Waals surface area contributed by atoms with Crippen LogP contribution in [0.4, 0.5) is 4.79 Å². The molecule has 5 aliphatic heterocycles. The fraction of sp³-hybridized carbons (Fsp3) is 0.514. The van der Waals surface area contributed by atoms with Gasteiger partial charge in [0.05, 0.1) is 6.04 Å². The summed E-state index contributed by atoms with van der Waals surface area (Å²) in [6.07, 6.45) is 3.50. The third kappa shape index (κ3) is 7.75. The second kappa shape index (κ2) is 15.0. The van der Waals surface area contributed by atoms with E-state index in [4.69, 9.17) is 4.74 Å². The number of rotatable bonds is 4. The molecule has 7 rings (SSSR count). The molecule has 5 heterocycles. The fourth-order valence-electron chi connectivity index (χ4n) is 7.40. The van der Waals surface area contributed by atoms with Crippen LogP contribution < -0.4 is 16.0 Å². The van der Waals surface area contributed by atoms with Crippen LogP contribution in [0.5, 0.6) is 0 Å². The predicted octanol–water partition coefficient (Wildman–Crippen LogP) is 2.05. The summed E-state index contributed by atoms with van der Waals surface area (Å²) in [5, 5.41) is 8.90. The average Bonchev–Trinajstić information content (AvgIpc) is 3.77. The molecule has 0 aliphatic carbocycles. The number of nitrogens with one attached hydrogen (secondary N) is 3. The number of alkyl carbamates (subject to hydrolysis) is 1. The van der Waals surface area contributed by atoms with E-state index >= 15 is 0 Å². The van der Waals surface area contributed by atoms with Crippen molar-refractivity contribution in [2.75, 3.05) is 32.7 Å². The first-order chi connectivity index (χ1) is 22.9. The highest BCUT2D eigenvalue weighted by molar-refractivity contribution is 5.98. The summed E-state index contributed by atoms with van der Waals surface area (Å²) in [6.45, 7) is 2.45. The second-order valence-electron chi connectivity index (χ2n) is 12.9. The molecule has 5 saturated heterocycles. The van der Waals surface area contributed by atoms with Gasteiger partial charge in [0, 0.05) is 43.8 Å². The molecule has 2 aromatic rings. The SMILES string of the molecule is O=C(N[C@H]1CCCNC(=O)[C@@H]2C[C@H](CN2C(=O)c2ccccc2)NC(=O)[C@H]2CCCN2C2CCN(CC2)C1=O)OCc1ccccc1. The molecule has 0 unspecified atom stereocenters. The van der Waals surface area contributed by atoms with Gasteiger partial charge in [0.2, 0.25) is 17.7 Å². The van der Waals surface area contributed by atoms with E-state index in [-0.39, 0.29) is 61.5 Å². The van der Waals surface area contributed by atoms with Gasteiger partial charge in [-0.1, -0.05) is 48.5 Å². The smallest absolute Gasteiger partial charge is 0.408 e. The lowest BCUT2D eigenvalue weighted by molar-refractivity contribution is -0.136. The Balaban J connectivity index is 1.18. The van der Waals surface area contributed by atoms with Crippen molar-refractivity contribution in [3.8, 4) is 0 Å². The first-order valence-electron chi connectivity index (χ1n) is 16.8. The molecule has 12 nitrogen and oxygen atoms in total. The molecule has 0 radical (unpaired) electrons. The predicted molar refractivity (Wildman–Crippen MR) is 173 cm³/mol. The lowest BCUT2D eigenvalue weighted by atomic mass is 10.00. The Morgan fingerprint density at radius 3 is 2.30 bits per heavy atom. The van der Waals surface area contributed by atoms with Gasteiger partial charge in [-0.05, 0) is 69.2 Å². The van der Waals surface area contributed by atoms with Gasteiger partial charge in [-0.25, -0.2) is 4.79 Å². The quantitative estimate of drug-likeness (QED) is 0.463. The summed E-state index contributed by atoms with van der Waals surface area (Å²) in [4.78, 5) is 72.9. The van der Waals surface area contributed by atoms with Gasteiger partial charge in [0.25, 0.3) is 5.91 Å². The van der Waals surface area contributed by atoms with Crippen LogP contribution in [-0.2, 0) is 25.7 Å². The molecule has 5 aliphatic rings. The largest absolute Gasteiger partial charge is 0.445 e. The van der Waals surface area contributed by atoms with Crippen molar-refractivity contribution in [2.45, 2.75) is 81.8 Å². The third-order valence-corrected chi connectivity index (χ3v) is 9.85. The number of benzene rings is 2. The zero-order valence-electron chi connectivity index (χ0n) is 26.6. The number of amides is 5. The van der Waals surface area contributed by atoms with Crippen molar-refractivity contribution in [3.63, 3.8) is 0 Å². The van der Waals surface area contributed by atoms with Gasteiger partial charge in [0.15, 0.2) is 0 Å². The second-order valence-corrected chi connectivity index (χ2v) is 12.9. The third-order valence-electron chi connectivity index (χ3n) is 9.85. The number of ether oxygens (including phenoxy) is 1. The number of piperidine rings is 1. The standard InChI is InChI=1S/C35H44N6O6/c42-31-30-21-26(22-41(30)33(44)25-11-5-2-6-12-25)37-32(43)29-14-8-18-40(29)27-15-19-39(20-16-27)34(45)28(13-7-17-36-31)38-35(46)47-23-24-9-3-1-4-10-24/h1-6,9-12,26-30H,7-8,13-23H2,(H,36,42)(H,37,43)(H,38,46)/t26-,28+,29-,30+/m1/s1. The van der Waals surface area contributed by atoms with Crippen molar-refractivity contribution >= 4 is 29.7 Å². The highest BCUT2D eigenvalue weighted by Gasteiger charge is 2.43. The lowest BCUT2D eigenvalue weighted by Crippen LogP contribution is -2.55. The molecule has 5 fully saturated rings. The minimum Gasteiger partial charge on any atom is -0.445 e. The fourth-order valence-corrected chi connectivity index (χ4v) is 7.40. The summed E-state index contributed by atoms with van der Waals surface area (Å²) in [5.74, 6) is -0.818. The Kier molecular flexibility index (Phi) is 10.4. The molecule has 2 aromatic carbocycles. The highest BCUT2D eigenvalue weighted by atomic mass is 16.5. The zero-order chi connectivity index (χ0) is 32.8. The van der Waals surface area contributed by atoms with Crippen LogP contribution in [0.1, 0.15) is 60.9 Å². The monoisotopic (exact) mass is 644 g/mol. The van der Waals surface area contributed by atoms with Gasteiger partial charge in [-0.15, -0.1) is 0 Å². The van der Waals surface area contributed by atoms with Crippen molar-refractivity contribution < 1.29 is 28.7 Å². The van der Waals surface area contributed by atoms with E-state index in [0.29, 0.717) is 37.9 Å². The van der Waals surface area contributed by atoms with Gasteiger partial charge in [0.1, 0.15) is 18.7 Å². The average molecular weight is 645 g/mol. The molecule has 250 valence electrons. The Morgan fingerprint density at radius 2 is 1.55 bits per heavy atom. The highest BCUT2D eigenvalue weighted by Crippen LogP contribution is 2.28. The zero-order valence-corrected chi connectivity index (χ0v) is 26.6. The topological polar surface area (TPSA) is 140 Å². The molecule has 0 aromatic heterocycles. The van der Waals surface area contributed by atoms with Crippen LogP contribution >= 0.6 is 0 Å². The van der Waals surface area contributed by atoms with E-state index in [1.165, 1.54) is 0 Å². The minimum atomic E-state index is -0.817. The van der Waals surface area contributed by atoms with E-state index in [0.717, 1.165) is 37.8 Å². The van der Waals surface area contributed by atoms with E-state index in [9.17, 15) is 24.0 Å². The maximum absolute atomic E-state index is 13.8. The molecule has 47 heavy (non-hydrogen) atoms. The summed E-state index contributed by atoms with van der Waals surface area (Å²) in [6, 6.07) is 16.1. The molecule has 0 saturated carbocycles. The Labute approximate surface area is 275 Å². The maximum Gasteiger partial charge on any atom is 0.408 e. The van der Waals surface area contributed by atoms with Crippen molar-refractivity contribution in [1.29, 1.82) is 0 Å². The van der Waals surface area contributed by atoms with E-state index in [1.54, 1.807) is 34.1 Å². The van der Waals surface area contributed by atoms with Gasteiger partial charge in [-0.3, -0.25) is 24.1 Å². The molecular formula is C35H44N6O6. The van der Waals surface area contributed by atoms with Crippen LogP contribution in [0.3, 0.4) is 0 Å². The normalized spacial score (nSPS) is 27.3. The Hall–Kier alpha value is -4.45. The summed E-state index contributed by atoms with van der Waals surface area (Å²) in [5.41, 5.74) is 1.32. The van der Waals surface area contributed by atoms with Gasteiger partial charge < -0.3 is 30.5 Å². The molecule has 4 bridgehead atoms. The first kappa shape index (κ1) is 32.5. The van der Waals surface area contributed by atoms with Crippen molar-refractivity contribution in [1.82, 2.24) is 30.7 Å². The summed E-state index contributed by atoms with van der Waals surface area (Å²) in [7, 11) is 0. The van der Waals surface area contributed by atoms with E-state index < -0.39 is 18.2 Å². The van der Waals surface area contributed by atoms with E-state index in [1.807, 2.05) is 36.4 Å². The molecule has 4 atom stereocenters. The summed E-state index contributed by atoms with van der Waals surface area (Å²) < 4.78 is 5.43. The van der Waals surface area contributed by atoms with Gasteiger partial charge >= 0.3 is 6.09 Å². The maximum atomic E-state index is 13.8. The van der Waals surface area contributed by atoms with Crippen LogP contribution in [-0.4, -0.2) is 107 Å². The number of hydrogen-bond donors (Lipinski definition) is 3. The van der Waals surface area contributed by atoms with Crippen LogP contribution in [0.25, 0.3) is 0 Å². The van der Waals surface area contributed by atoms with Crippen molar-refractivity contribution in [2.24, 2.45) is 0 Å². The van der Waals surface area contributed by atoms with Gasteiger partial charge in [-0.2, -0.15) is 0 Å². The Morgan fingerprint density at radius 1 is 0.830 bits per heavy atom. The number of carbonyl (C=O) groups is 5. The Bertz CT molecular complexity index is 1430. The van der Waals surface area contributed by atoms with Crippen LogP contribution in [0.2, 0.25) is 0 Å². The molecule has 0 spiro atoms. The molecule has 5 amide bonds. The summed E-state index contributed by atoms with van der Waals surface area (Å²) >= 11 is 0. The number of hydrogen-bond acceptors (Lipinski definition) is 7. The van der Waals surface area contributed by atoms with E-state index in [2.05, 4.69) is 20.9 Å². The first-order valence-corrected chi connectivity index (χ1v) is 16.8. The number of fused-ring (bicyclic) bond motifs is 9. The van der Waals surface area contributed by atoms with Crippen molar-refractivity contribution in [3.05, 3.63) is 71.8 Å². The number of likely N-dealkylation sites (tertiary alicyclic amines) is 1. The number of nitrogens with zero attached hydrogens (tertiary/aromatic N) is 3. The molecular weight excluding hydrogens is 600 g/mol. The molecule has 12 heteroatoms. The van der Waals surface area contributed by atoms with Crippen LogP contribution in [0.15, 0.2) is 60.7 Å². The molecule has 3 N–H and O–H groups in total. The number of carbonyl (C=O) groups excluding carboxylic acids is 5. The van der Waals surface area contributed by atoms with Crippen LogP contribution in [0, 0.1) is 0 Å².